The first-order chi connectivity index (χ1) is 8.26. The van der Waals surface area contributed by atoms with Crippen molar-refractivity contribution in [3.8, 4) is 11.8 Å². The molecule has 90 valence electrons. The highest BCUT2D eigenvalue weighted by Gasteiger charge is 2.36. The zero-order chi connectivity index (χ0) is 12.3. The summed E-state index contributed by atoms with van der Waals surface area (Å²) in [5.41, 5.74) is 6.11. The molecule has 1 saturated carbocycles. The van der Waals surface area contributed by atoms with Crippen molar-refractivity contribution >= 4 is 17.2 Å². The lowest BCUT2D eigenvalue weighted by Gasteiger charge is -2.02. The van der Waals surface area contributed by atoms with Crippen molar-refractivity contribution in [2.24, 2.45) is 11.7 Å². The quantitative estimate of drug-likeness (QED) is 0.798. The molecule has 0 aliphatic heterocycles. The summed E-state index contributed by atoms with van der Waals surface area (Å²) in [6.45, 7) is 2.47. The van der Waals surface area contributed by atoms with E-state index in [1.54, 1.807) is 0 Å². The Morgan fingerprint density at radius 2 is 2.53 bits per heavy atom. The van der Waals surface area contributed by atoms with E-state index in [0.29, 0.717) is 23.4 Å². The fourth-order valence-corrected chi connectivity index (χ4v) is 2.59. The van der Waals surface area contributed by atoms with Crippen LogP contribution in [-0.2, 0) is 0 Å². The molecule has 1 aliphatic rings. The van der Waals surface area contributed by atoms with Crippen LogP contribution in [0.15, 0.2) is 11.4 Å². The van der Waals surface area contributed by atoms with Crippen LogP contribution in [0.2, 0.25) is 0 Å². The molecule has 17 heavy (non-hydrogen) atoms. The summed E-state index contributed by atoms with van der Waals surface area (Å²) < 4.78 is 0. The largest absolute Gasteiger partial charge is 0.348 e. The van der Waals surface area contributed by atoms with Crippen molar-refractivity contribution < 1.29 is 4.79 Å². The Bertz CT molecular complexity index is 469. The van der Waals surface area contributed by atoms with E-state index in [2.05, 4.69) is 24.1 Å². The molecule has 3 nitrogen and oxygen atoms in total. The number of thiophene rings is 1. The number of nitrogens with two attached hydrogens (primary N) is 1. The predicted molar refractivity (Wildman–Crippen MR) is 69.9 cm³/mol. The van der Waals surface area contributed by atoms with Crippen molar-refractivity contribution in [3.05, 3.63) is 21.9 Å². The minimum atomic E-state index is 0.00210. The Balaban J connectivity index is 2.02. The van der Waals surface area contributed by atoms with E-state index in [1.807, 2.05) is 11.4 Å². The first-order valence-electron chi connectivity index (χ1n) is 5.83. The normalized spacial score (nSPS) is 21.5. The van der Waals surface area contributed by atoms with Crippen LogP contribution in [0.5, 0.6) is 0 Å². The van der Waals surface area contributed by atoms with Gasteiger partial charge in [0, 0.05) is 11.6 Å². The standard InChI is InChI=1S/C13H16N2OS/c1-2-9-8-11(9)15-13(16)12-10(4-3-6-14)5-7-17-12/h5,7,9,11H,2,6,8,14H2,1H3,(H,15,16). The minimum absolute atomic E-state index is 0.00210. The second-order valence-corrected chi connectivity index (χ2v) is 5.07. The third-order valence-electron chi connectivity index (χ3n) is 2.96. The number of amides is 1. The highest BCUT2D eigenvalue weighted by Crippen LogP contribution is 2.33. The molecule has 1 aromatic heterocycles. The summed E-state index contributed by atoms with van der Waals surface area (Å²) in [6.07, 6.45) is 2.24. The summed E-state index contributed by atoms with van der Waals surface area (Å²) in [5, 5.41) is 4.94. The average Bonchev–Trinajstić information content (AvgIpc) is 2.90. The van der Waals surface area contributed by atoms with Crippen molar-refractivity contribution in [2.45, 2.75) is 25.8 Å². The molecule has 0 aromatic carbocycles. The van der Waals surface area contributed by atoms with Gasteiger partial charge in [-0.25, -0.2) is 0 Å². The van der Waals surface area contributed by atoms with Crippen molar-refractivity contribution in [3.63, 3.8) is 0 Å². The smallest absolute Gasteiger partial charge is 0.262 e. The second-order valence-electron chi connectivity index (χ2n) is 4.15. The van der Waals surface area contributed by atoms with Gasteiger partial charge in [-0.1, -0.05) is 25.2 Å². The molecule has 3 N–H and O–H groups in total. The van der Waals surface area contributed by atoms with Gasteiger partial charge in [-0.05, 0) is 23.8 Å². The van der Waals surface area contributed by atoms with Gasteiger partial charge in [-0.15, -0.1) is 11.3 Å². The van der Waals surface area contributed by atoms with E-state index in [1.165, 1.54) is 11.3 Å². The zero-order valence-corrected chi connectivity index (χ0v) is 10.6. The van der Waals surface area contributed by atoms with E-state index in [4.69, 9.17) is 5.73 Å². The van der Waals surface area contributed by atoms with Gasteiger partial charge >= 0.3 is 0 Å². The third-order valence-corrected chi connectivity index (χ3v) is 3.87. The lowest BCUT2D eigenvalue weighted by Crippen LogP contribution is -2.26. The van der Waals surface area contributed by atoms with Gasteiger partial charge in [0.15, 0.2) is 0 Å². The molecule has 2 unspecified atom stereocenters. The van der Waals surface area contributed by atoms with Crippen molar-refractivity contribution in [2.75, 3.05) is 6.54 Å². The molecule has 1 aliphatic carbocycles. The molecular weight excluding hydrogens is 232 g/mol. The lowest BCUT2D eigenvalue weighted by atomic mass is 10.2. The number of hydrogen-bond donors (Lipinski definition) is 2. The summed E-state index contributed by atoms with van der Waals surface area (Å²) in [5.74, 6) is 6.37. The Kier molecular flexibility index (Phi) is 3.82. The molecule has 0 bridgehead atoms. The Labute approximate surface area is 105 Å². The highest BCUT2D eigenvalue weighted by molar-refractivity contribution is 7.12. The molecule has 2 rings (SSSR count). The molecule has 1 fully saturated rings. The molecule has 0 saturated heterocycles. The van der Waals surface area contributed by atoms with Gasteiger partial charge < -0.3 is 11.1 Å². The lowest BCUT2D eigenvalue weighted by molar-refractivity contribution is 0.0953. The maximum absolute atomic E-state index is 12.0. The molecular formula is C13H16N2OS. The highest BCUT2D eigenvalue weighted by atomic mass is 32.1. The summed E-state index contributed by atoms with van der Waals surface area (Å²) in [7, 11) is 0. The van der Waals surface area contributed by atoms with Gasteiger partial charge in [0.2, 0.25) is 0 Å². The van der Waals surface area contributed by atoms with Gasteiger partial charge in [0.1, 0.15) is 4.88 Å². The molecule has 0 spiro atoms. The number of nitrogens with one attached hydrogen (secondary N) is 1. The van der Waals surface area contributed by atoms with Crippen LogP contribution in [0, 0.1) is 17.8 Å². The van der Waals surface area contributed by atoms with Gasteiger partial charge in [-0.3, -0.25) is 4.79 Å². The topological polar surface area (TPSA) is 55.1 Å². The van der Waals surface area contributed by atoms with Crippen molar-refractivity contribution in [1.82, 2.24) is 5.32 Å². The van der Waals surface area contributed by atoms with Crippen LogP contribution in [0.4, 0.5) is 0 Å². The Morgan fingerprint density at radius 3 is 3.18 bits per heavy atom. The fourth-order valence-electron chi connectivity index (χ4n) is 1.84. The first-order valence-corrected chi connectivity index (χ1v) is 6.71. The molecule has 1 amide bonds. The van der Waals surface area contributed by atoms with E-state index < -0.39 is 0 Å². The van der Waals surface area contributed by atoms with Crippen LogP contribution < -0.4 is 11.1 Å². The van der Waals surface area contributed by atoms with Crippen LogP contribution in [0.3, 0.4) is 0 Å². The third kappa shape index (κ3) is 2.87. The Morgan fingerprint density at radius 1 is 1.71 bits per heavy atom. The van der Waals surface area contributed by atoms with E-state index in [9.17, 15) is 4.79 Å². The van der Waals surface area contributed by atoms with Gasteiger partial charge in [-0.2, -0.15) is 0 Å². The first kappa shape index (κ1) is 12.2. The average molecular weight is 248 g/mol. The summed E-state index contributed by atoms with van der Waals surface area (Å²) in [6, 6.07) is 2.23. The molecule has 2 atom stereocenters. The Hall–Kier alpha value is -1.31. The monoisotopic (exact) mass is 248 g/mol. The van der Waals surface area contributed by atoms with Crippen LogP contribution in [0.25, 0.3) is 0 Å². The summed E-state index contributed by atoms with van der Waals surface area (Å²) in [4.78, 5) is 12.7. The van der Waals surface area contributed by atoms with Crippen molar-refractivity contribution in [1.29, 1.82) is 0 Å². The minimum Gasteiger partial charge on any atom is -0.348 e. The zero-order valence-electron chi connectivity index (χ0n) is 9.82. The second kappa shape index (κ2) is 5.35. The predicted octanol–water partition coefficient (Wildman–Crippen LogP) is 1.59. The maximum Gasteiger partial charge on any atom is 0.262 e. The van der Waals surface area contributed by atoms with Crippen LogP contribution in [0.1, 0.15) is 35.0 Å². The van der Waals surface area contributed by atoms with Crippen LogP contribution in [-0.4, -0.2) is 18.5 Å². The number of carbonyl (C=O) groups excluding carboxylic acids is 1. The molecule has 4 heteroatoms. The number of carbonyl (C=O) groups is 1. The SMILES string of the molecule is CCC1CC1NC(=O)c1sccc1C#CCN. The van der Waals surface area contributed by atoms with E-state index in [-0.39, 0.29) is 5.91 Å². The van der Waals surface area contributed by atoms with Gasteiger partial charge in [0.05, 0.1) is 6.54 Å². The number of hydrogen-bond acceptors (Lipinski definition) is 3. The maximum atomic E-state index is 12.0. The van der Waals surface area contributed by atoms with E-state index in [0.717, 1.165) is 18.4 Å². The van der Waals surface area contributed by atoms with Gasteiger partial charge in [0.25, 0.3) is 5.91 Å². The fraction of sp³-hybridized carbons (Fsp3) is 0.462. The molecule has 1 heterocycles. The van der Waals surface area contributed by atoms with E-state index >= 15 is 0 Å². The van der Waals surface area contributed by atoms with Crippen LogP contribution >= 0.6 is 11.3 Å². The summed E-state index contributed by atoms with van der Waals surface area (Å²) >= 11 is 1.43. The number of rotatable bonds is 3. The molecule has 1 aromatic rings. The molecule has 0 radical (unpaired) electrons.